The van der Waals surface area contributed by atoms with Gasteiger partial charge >= 0.3 is 0 Å². The van der Waals surface area contributed by atoms with Crippen molar-refractivity contribution in [3.05, 3.63) is 41.2 Å². The molecule has 0 N–H and O–H groups in total. The second kappa shape index (κ2) is 7.96. The van der Waals surface area contributed by atoms with Gasteiger partial charge < -0.3 is 4.74 Å². The number of hydrogen-bond acceptors (Lipinski definition) is 1. The Balaban J connectivity index is 1.54. The summed E-state index contributed by atoms with van der Waals surface area (Å²) >= 11 is 0. The molecule has 4 heteroatoms. The van der Waals surface area contributed by atoms with Gasteiger partial charge in [0.2, 0.25) is 0 Å². The Kier molecular flexibility index (Phi) is 5.57. The van der Waals surface area contributed by atoms with E-state index in [0.29, 0.717) is 10.9 Å². The van der Waals surface area contributed by atoms with Gasteiger partial charge in [0.1, 0.15) is 0 Å². The van der Waals surface area contributed by atoms with E-state index >= 15 is 0 Å². The van der Waals surface area contributed by atoms with Crippen molar-refractivity contribution in [2.45, 2.75) is 64.2 Å². The van der Waals surface area contributed by atoms with Crippen LogP contribution in [0, 0.1) is 35.2 Å². The second-order valence-electron chi connectivity index (χ2n) is 8.91. The van der Waals surface area contributed by atoms with E-state index in [2.05, 4.69) is 6.92 Å². The van der Waals surface area contributed by atoms with E-state index in [9.17, 15) is 13.2 Å². The van der Waals surface area contributed by atoms with E-state index in [4.69, 9.17) is 4.74 Å². The first kappa shape index (κ1) is 19.6. The van der Waals surface area contributed by atoms with Crippen molar-refractivity contribution in [2.75, 3.05) is 7.11 Å². The molecule has 0 radical (unpaired) electrons. The molecule has 2 saturated carbocycles. The van der Waals surface area contributed by atoms with Gasteiger partial charge in [-0.3, -0.25) is 0 Å². The average Bonchev–Trinajstić information content (AvgIpc) is 2.71. The lowest BCUT2D eigenvalue weighted by molar-refractivity contribution is 0.164. The fraction of sp³-hybridized carbons (Fsp3) is 0.583. The fourth-order valence-corrected chi connectivity index (χ4v) is 5.50. The van der Waals surface area contributed by atoms with Crippen LogP contribution in [0.25, 0.3) is 10.8 Å². The molecule has 2 fully saturated rings. The summed E-state index contributed by atoms with van der Waals surface area (Å²) < 4.78 is 48.9. The molecule has 2 aromatic carbocycles. The minimum atomic E-state index is -1.09. The van der Waals surface area contributed by atoms with E-state index < -0.39 is 17.5 Å². The van der Waals surface area contributed by atoms with Crippen LogP contribution >= 0.6 is 0 Å². The van der Waals surface area contributed by atoms with Crippen LogP contribution in [-0.4, -0.2) is 7.11 Å². The minimum Gasteiger partial charge on any atom is -0.494 e. The molecule has 0 aromatic heterocycles. The zero-order valence-corrected chi connectivity index (χ0v) is 16.7. The standard InChI is InChI=1S/C24H29F3O/c1-14-3-5-15(6-4-14)16-7-9-17(10-8-16)19-13-18-11-12-20(28-2)23(26)21(18)24(27)22(19)25/h11-17H,3-10H2,1-2H3. The highest BCUT2D eigenvalue weighted by atomic mass is 19.2. The molecule has 2 aliphatic rings. The summed E-state index contributed by atoms with van der Waals surface area (Å²) in [6.07, 6.45) is 9.22. The van der Waals surface area contributed by atoms with Gasteiger partial charge in [-0.1, -0.05) is 25.8 Å². The van der Waals surface area contributed by atoms with Crippen molar-refractivity contribution in [1.82, 2.24) is 0 Å². The van der Waals surface area contributed by atoms with Gasteiger partial charge in [-0.05, 0) is 85.3 Å². The monoisotopic (exact) mass is 390 g/mol. The lowest BCUT2D eigenvalue weighted by atomic mass is 9.68. The zero-order valence-electron chi connectivity index (χ0n) is 16.7. The number of benzene rings is 2. The average molecular weight is 390 g/mol. The first-order valence-electron chi connectivity index (χ1n) is 10.6. The molecule has 4 rings (SSSR count). The van der Waals surface area contributed by atoms with Crippen LogP contribution in [0.15, 0.2) is 18.2 Å². The molecule has 28 heavy (non-hydrogen) atoms. The maximum atomic E-state index is 14.8. The van der Waals surface area contributed by atoms with Gasteiger partial charge in [0.25, 0.3) is 0 Å². The van der Waals surface area contributed by atoms with Gasteiger partial charge in [-0.2, -0.15) is 0 Å². The number of rotatable bonds is 3. The van der Waals surface area contributed by atoms with Crippen molar-refractivity contribution in [2.24, 2.45) is 17.8 Å². The first-order chi connectivity index (χ1) is 13.5. The Morgan fingerprint density at radius 3 is 2.00 bits per heavy atom. The smallest absolute Gasteiger partial charge is 0.175 e. The number of methoxy groups -OCH3 is 1. The lowest BCUT2D eigenvalue weighted by Gasteiger charge is -2.37. The molecule has 0 spiro atoms. The molecule has 152 valence electrons. The Morgan fingerprint density at radius 2 is 1.39 bits per heavy atom. The molecule has 0 saturated heterocycles. The maximum Gasteiger partial charge on any atom is 0.175 e. The molecular formula is C24H29F3O. The predicted molar refractivity (Wildman–Crippen MR) is 106 cm³/mol. The summed E-state index contributed by atoms with van der Waals surface area (Å²) in [4.78, 5) is 0. The number of halogens is 3. The molecular weight excluding hydrogens is 361 g/mol. The largest absolute Gasteiger partial charge is 0.494 e. The molecule has 1 nitrogen and oxygen atoms in total. The number of hydrogen-bond donors (Lipinski definition) is 0. The Hall–Kier alpha value is -1.71. The number of ether oxygens (including phenoxy) is 1. The van der Waals surface area contributed by atoms with Crippen LogP contribution in [-0.2, 0) is 0 Å². The third kappa shape index (κ3) is 3.51. The molecule has 2 aliphatic carbocycles. The van der Waals surface area contributed by atoms with E-state index in [1.807, 2.05) is 0 Å². The van der Waals surface area contributed by atoms with Crippen molar-refractivity contribution in [1.29, 1.82) is 0 Å². The van der Waals surface area contributed by atoms with Crippen LogP contribution in [0.5, 0.6) is 5.75 Å². The van der Waals surface area contributed by atoms with Crippen LogP contribution in [0.2, 0.25) is 0 Å². The van der Waals surface area contributed by atoms with Crippen LogP contribution in [0.3, 0.4) is 0 Å². The van der Waals surface area contributed by atoms with Gasteiger partial charge in [0.15, 0.2) is 23.2 Å². The molecule has 0 amide bonds. The Bertz CT molecular complexity index is 847. The highest BCUT2D eigenvalue weighted by Crippen LogP contribution is 2.45. The van der Waals surface area contributed by atoms with E-state index in [0.717, 1.165) is 43.4 Å². The van der Waals surface area contributed by atoms with Crippen LogP contribution in [0.4, 0.5) is 13.2 Å². The third-order valence-electron chi connectivity index (χ3n) is 7.27. The van der Waals surface area contributed by atoms with Gasteiger partial charge in [0.05, 0.1) is 12.5 Å². The topological polar surface area (TPSA) is 9.23 Å². The van der Waals surface area contributed by atoms with Crippen LogP contribution < -0.4 is 4.74 Å². The SMILES string of the molecule is COc1ccc2cc(C3CCC(C4CCC(C)CC4)CC3)c(F)c(F)c2c1F. The first-order valence-corrected chi connectivity index (χ1v) is 10.6. The predicted octanol–water partition coefficient (Wildman–Crippen LogP) is 7.37. The highest BCUT2D eigenvalue weighted by molar-refractivity contribution is 5.86. The van der Waals surface area contributed by atoms with Crippen molar-refractivity contribution in [3.63, 3.8) is 0 Å². The summed E-state index contributed by atoms with van der Waals surface area (Å²) in [5.41, 5.74) is 0.408. The summed E-state index contributed by atoms with van der Waals surface area (Å²) in [7, 11) is 1.32. The Morgan fingerprint density at radius 1 is 0.786 bits per heavy atom. The summed E-state index contributed by atoms with van der Waals surface area (Å²) in [6.45, 7) is 2.34. The van der Waals surface area contributed by atoms with Crippen molar-refractivity contribution in [3.8, 4) is 5.75 Å². The molecule has 0 atom stereocenters. The maximum absolute atomic E-state index is 14.8. The molecule has 0 heterocycles. The molecule has 0 unspecified atom stereocenters. The van der Waals surface area contributed by atoms with Gasteiger partial charge in [-0.15, -0.1) is 0 Å². The third-order valence-corrected chi connectivity index (χ3v) is 7.27. The zero-order chi connectivity index (χ0) is 19.8. The van der Waals surface area contributed by atoms with Crippen molar-refractivity contribution < 1.29 is 17.9 Å². The van der Waals surface area contributed by atoms with Crippen LogP contribution in [0.1, 0.15) is 69.8 Å². The molecule has 0 bridgehead atoms. The fourth-order valence-electron chi connectivity index (χ4n) is 5.50. The van der Waals surface area contributed by atoms with E-state index in [1.165, 1.54) is 38.9 Å². The number of fused-ring (bicyclic) bond motifs is 1. The summed E-state index contributed by atoms with van der Waals surface area (Å²) in [5.74, 6) is -0.499. The summed E-state index contributed by atoms with van der Waals surface area (Å²) in [6, 6.07) is 4.72. The van der Waals surface area contributed by atoms with Crippen molar-refractivity contribution >= 4 is 10.8 Å². The quantitative estimate of drug-likeness (QED) is 0.532. The van der Waals surface area contributed by atoms with E-state index in [1.54, 1.807) is 12.1 Å². The highest BCUT2D eigenvalue weighted by Gasteiger charge is 2.32. The summed E-state index contributed by atoms with van der Waals surface area (Å²) in [5, 5.41) is 0.0844. The van der Waals surface area contributed by atoms with Gasteiger partial charge in [-0.25, -0.2) is 13.2 Å². The Labute approximate surface area is 165 Å². The normalized spacial score (nSPS) is 28.5. The second-order valence-corrected chi connectivity index (χ2v) is 8.91. The van der Waals surface area contributed by atoms with E-state index in [-0.39, 0.29) is 17.1 Å². The molecule has 2 aromatic rings. The molecule has 0 aliphatic heterocycles. The minimum absolute atomic E-state index is 0.0165. The lowest BCUT2D eigenvalue weighted by Crippen LogP contribution is -2.25. The van der Waals surface area contributed by atoms with Gasteiger partial charge in [0, 0.05) is 0 Å².